The lowest BCUT2D eigenvalue weighted by atomic mass is 10.1. The highest BCUT2D eigenvalue weighted by molar-refractivity contribution is 7.92. The van der Waals surface area contributed by atoms with Gasteiger partial charge in [0.2, 0.25) is 0 Å². The Balaban J connectivity index is 3.00. The average molecular weight is 249 g/mol. The van der Waals surface area contributed by atoms with Crippen LogP contribution in [-0.4, -0.2) is 24.5 Å². The highest BCUT2D eigenvalue weighted by atomic mass is 35.5. The molecule has 2 atom stereocenters. The zero-order chi connectivity index (χ0) is 11.6. The van der Waals surface area contributed by atoms with E-state index in [-0.39, 0.29) is 0 Å². The van der Waals surface area contributed by atoms with Crippen molar-refractivity contribution in [1.29, 1.82) is 0 Å². The summed E-state index contributed by atoms with van der Waals surface area (Å²) in [4.78, 5) is 0. The summed E-state index contributed by atoms with van der Waals surface area (Å²) in [7, 11) is -3.45. The molecule has 0 spiro atoms. The monoisotopic (exact) mass is 248 g/mol. The minimum absolute atomic E-state index is 0.514. The van der Waals surface area contributed by atoms with Crippen LogP contribution in [0.15, 0.2) is 24.3 Å². The van der Waals surface area contributed by atoms with Crippen LogP contribution in [0.3, 0.4) is 0 Å². The summed E-state index contributed by atoms with van der Waals surface area (Å²) in [5.74, 6) is 0. The highest BCUT2D eigenvalue weighted by Gasteiger charge is 2.27. The Morgan fingerprint density at radius 1 is 1.40 bits per heavy atom. The third kappa shape index (κ3) is 3.19. The van der Waals surface area contributed by atoms with Gasteiger partial charge in [-0.2, -0.15) is 0 Å². The minimum Gasteiger partial charge on any atom is -0.386 e. The number of aryl methyl sites for hydroxylation is 1. The van der Waals surface area contributed by atoms with E-state index in [1.54, 1.807) is 18.2 Å². The molecule has 1 aromatic carbocycles. The Morgan fingerprint density at radius 2 is 2.00 bits per heavy atom. The van der Waals surface area contributed by atoms with E-state index in [2.05, 4.69) is 0 Å². The molecule has 1 N–H and O–H groups in total. The Labute approximate surface area is 94.6 Å². The molecule has 0 saturated carbocycles. The first-order valence-electron chi connectivity index (χ1n) is 4.40. The molecular weight excluding hydrogens is 236 g/mol. The predicted octanol–water partition coefficient (Wildman–Crippen LogP) is 1.64. The van der Waals surface area contributed by atoms with Crippen molar-refractivity contribution in [1.82, 2.24) is 0 Å². The predicted molar refractivity (Wildman–Crippen MR) is 60.6 cm³/mol. The number of hydrogen-bond acceptors (Lipinski definition) is 3. The van der Waals surface area contributed by atoms with Crippen molar-refractivity contribution in [3.8, 4) is 0 Å². The molecule has 15 heavy (non-hydrogen) atoms. The van der Waals surface area contributed by atoms with Gasteiger partial charge in [0.25, 0.3) is 0 Å². The Kier molecular flexibility index (Phi) is 3.76. The maximum absolute atomic E-state index is 11.1. The van der Waals surface area contributed by atoms with Crippen LogP contribution in [-0.2, 0) is 9.84 Å². The van der Waals surface area contributed by atoms with Crippen molar-refractivity contribution in [2.75, 3.05) is 6.26 Å². The van der Waals surface area contributed by atoms with Gasteiger partial charge in [-0.05, 0) is 12.5 Å². The summed E-state index contributed by atoms with van der Waals surface area (Å²) in [6.45, 7) is 1.86. The fourth-order valence-electron chi connectivity index (χ4n) is 1.24. The van der Waals surface area contributed by atoms with Crippen LogP contribution in [0, 0.1) is 6.92 Å². The molecule has 0 unspecified atom stereocenters. The van der Waals surface area contributed by atoms with Gasteiger partial charge in [0, 0.05) is 6.26 Å². The van der Waals surface area contributed by atoms with Crippen molar-refractivity contribution in [3.05, 3.63) is 35.4 Å². The van der Waals surface area contributed by atoms with Gasteiger partial charge in [-0.1, -0.05) is 29.8 Å². The highest BCUT2D eigenvalue weighted by Crippen LogP contribution is 2.25. The number of sulfone groups is 1. The van der Waals surface area contributed by atoms with Gasteiger partial charge in [0.15, 0.2) is 14.5 Å². The third-order valence-corrected chi connectivity index (χ3v) is 4.33. The normalized spacial score (nSPS) is 16.0. The molecule has 5 heteroatoms. The van der Waals surface area contributed by atoms with Gasteiger partial charge in [0.05, 0.1) is 0 Å². The van der Waals surface area contributed by atoms with Crippen molar-refractivity contribution >= 4 is 21.4 Å². The third-order valence-electron chi connectivity index (χ3n) is 2.04. The molecule has 0 aliphatic carbocycles. The summed E-state index contributed by atoms with van der Waals surface area (Å²) in [6.07, 6.45) is -0.189. The largest absolute Gasteiger partial charge is 0.386 e. The molecule has 0 fully saturated rings. The lowest BCUT2D eigenvalue weighted by molar-refractivity contribution is 0.192. The van der Waals surface area contributed by atoms with Gasteiger partial charge >= 0.3 is 0 Å². The van der Waals surface area contributed by atoms with E-state index >= 15 is 0 Å². The zero-order valence-corrected chi connectivity index (χ0v) is 10.1. The molecule has 1 aromatic rings. The molecule has 0 radical (unpaired) electrons. The first-order chi connectivity index (χ1) is 6.82. The molecule has 84 valence electrons. The van der Waals surface area contributed by atoms with Gasteiger partial charge in [-0.3, -0.25) is 0 Å². The molecule has 1 rings (SSSR count). The van der Waals surface area contributed by atoms with Crippen molar-refractivity contribution in [2.45, 2.75) is 17.7 Å². The molecule has 0 aliphatic heterocycles. The summed E-state index contributed by atoms with van der Waals surface area (Å²) in [5, 5.41) is 9.74. The van der Waals surface area contributed by atoms with Gasteiger partial charge < -0.3 is 5.11 Å². The molecular formula is C10H13ClO3S. The molecule has 3 nitrogen and oxygen atoms in total. The van der Waals surface area contributed by atoms with Gasteiger partial charge in [-0.15, -0.1) is 11.6 Å². The number of hydrogen-bond donors (Lipinski definition) is 1. The molecule has 0 amide bonds. The Morgan fingerprint density at radius 3 is 2.47 bits per heavy atom. The smallest absolute Gasteiger partial charge is 0.167 e. The van der Waals surface area contributed by atoms with E-state index in [4.69, 9.17) is 11.6 Å². The lowest BCUT2D eigenvalue weighted by Gasteiger charge is -2.15. The maximum atomic E-state index is 11.1. The topological polar surface area (TPSA) is 54.4 Å². The van der Waals surface area contributed by atoms with Crippen molar-refractivity contribution < 1.29 is 13.5 Å². The van der Waals surface area contributed by atoms with Crippen molar-refractivity contribution in [3.63, 3.8) is 0 Å². The maximum Gasteiger partial charge on any atom is 0.167 e. The molecule has 0 bridgehead atoms. The van der Waals surface area contributed by atoms with Crippen LogP contribution in [0.4, 0.5) is 0 Å². The number of aliphatic hydroxyl groups is 1. The SMILES string of the molecule is Cc1cccc([C@H](O)[C@@H](Cl)S(C)(=O)=O)c1. The summed E-state index contributed by atoms with van der Waals surface area (Å²) < 4.78 is 21.0. The second-order valence-electron chi connectivity index (χ2n) is 3.54. The fourth-order valence-corrected chi connectivity index (χ4v) is 2.01. The van der Waals surface area contributed by atoms with Crippen LogP contribution in [0.1, 0.15) is 17.2 Å². The second kappa shape index (κ2) is 4.51. The summed E-state index contributed by atoms with van der Waals surface area (Å²) in [5.41, 5.74) is 1.46. The molecule has 0 aromatic heterocycles. The van der Waals surface area contributed by atoms with Gasteiger partial charge in [0.1, 0.15) is 6.10 Å². The average Bonchev–Trinajstić information content (AvgIpc) is 2.14. The zero-order valence-electron chi connectivity index (χ0n) is 8.51. The van der Waals surface area contributed by atoms with E-state index in [1.165, 1.54) is 0 Å². The quantitative estimate of drug-likeness (QED) is 0.828. The van der Waals surface area contributed by atoms with Crippen LogP contribution in [0.25, 0.3) is 0 Å². The second-order valence-corrected chi connectivity index (χ2v) is 6.44. The lowest BCUT2D eigenvalue weighted by Crippen LogP contribution is -2.21. The van der Waals surface area contributed by atoms with Crippen LogP contribution >= 0.6 is 11.6 Å². The number of halogens is 1. The molecule has 0 heterocycles. The first-order valence-corrected chi connectivity index (χ1v) is 6.79. The van der Waals surface area contributed by atoms with E-state index in [0.717, 1.165) is 11.8 Å². The van der Waals surface area contributed by atoms with Crippen LogP contribution < -0.4 is 0 Å². The number of rotatable bonds is 3. The summed E-state index contributed by atoms with van der Waals surface area (Å²) in [6, 6.07) is 6.98. The molecule has 0 saturated heterocycles. The minimum atomic E-state index is -3.45. The standard InChI is InChI=1S/C10H13ClO3S/c1-7-4-3-5-8(6-7)9(12)10(11)15(2,13)14/h3-6,9-10,12H,1-2H3/t9-,10-/m0/s1. The first kappa shape index (κ1) is 12.5. The van der Waals surface area contributed by atoms with E-state index in [1.807, 2.05) is 13.0 Å². The van der Waals surface area contributed by atoms with Crippen LogP contribution in [0.2, 0.25) is 0 Å². The Bertz CT molecular complexity index is 442. The van der Waals surface area contributed by atoms with Gasteiger partial charge in [-0.25, -0.2) is 8.42 Å². The number of aliphatic hydroxyl groups excluding tert-OH is 1. The van der Waals surface area contributed by atoms with E-state index in [9.17, 15) is 13.5 Å². The fraction of sp³-hybridized carbons (Fsp3) is 0.400. The van der Waals surface area contributed by atoms with Crippen LogP contribution in [0.5, 0.6) is 0 Å². The molecule has 0 aliphatic rings. The Hall–Kier alpha value is -0.580. The summed E-state index contributed by atoms with van der Waals surface area (Å²) >= 11 is 5.66. The van der Waals surface area contributed by atoms with Crippen molar-refractivity contribution in [2.24, 2.45) is 0 Å². The number of benzene rings is 1. The number of alkyl halides is 1. The van der Waals surface area contributed by atoms with E-state index < -0.39 is 20.7 Å². The van der Waals surface area contributed by atoms with E-state index in [0.29, 0.717) is 5.56 Å².